The van der Waals surface area contributed by atoms with E-state index in [2.05, 4.69) is 10.6 Å². The first-order chi connectivity index (χ1) is 11.8. The molecule has 0 radical (unpaired) electrons. The number of anilines is 1. The Morgan fingerprint density at radius 1 is 1.32 bits per heavy atom. The van der Waals surface area contributed by atoms with E-state index in [4.69, 9.17) is 9.84 Å². The monoisotopic (exact) mass is 353 g/mol. The van der Waals surface area contributed by atoms with E-state index >= 15 is 0 Å². The first kappa shape index (κ1) is 20.4. The van der Waals surface area contributed by atoms with E-state index in [1.165, 1.54) is 19.2 Å². The van der Waals surface area contributed by atoms with Crippen LogP contribution in [0, 0.1) is 10.1 Å². The van der Waals surface area contributed by atoms with Gasteiger partial charge in [-0.05, 0) is 25.5 Å². The van der Waals surface area contributed by atoms with Crippen LogP contribution in [0.25, 0.3) is 0 Å². The lowest BCUT2D eigenvalue weighted by atomic mass is 9.98. The van der Waals surface area contributed by atoms with E-state index in [0.717, 1.165) is 5.69 Å². The van der Waals surface area contributed by atoms with Crippen molar-refractivity contribution in [1.82, 2.24) is 5.32 Å². The first-order valence-electron chi connectivity index (χ1n) is 7.76. The molecule has 25 heavy (non-hydrogen) atoms. The Kier molecular flexibility index (Phi) is 7.80. The molecule has 1 aromatic rings. The second kappa shape index (κ2) is 9.58. The summed E-state index contributed by atoms with van der Waals surface area (Å²) >= 11 is 0. The lowest BCUT2D eigenvalue weighted by Crippen LogP contribution is -2.50. The van der Waals surface area contributed by atoms with Crippen LogP contribution in [-0.2, 0) is 14.3 Å². The van der Waals surface area contributed by atoms with Crippen molar-refractivity contribution >= 4 is 23.3 Å². The number of nitro groups is 1. The van der Waals surface area contributed by atoms with Gasteiger partial charge >= 0.3 is 5.97 Å². The number of carbonyl (C=O) groups excluding carboxylic acids is 1. The predicted octanol–water partition coefficient (Wildman–Crippen LogP) is 1.78. The largest absolute Gasteiger partial charge is 0.481 e. The summed E-state index contributed by atoms with van der Waals surface area (Å²) in [6.07, 6.45) is 0.519. The standard InChI is InChI=1S/C16H23N3O6/c1-16(11-25-2,10-15(21)22)18-14(20)4-3-9-17-12-5-7-13(8-6-12)19(23)24/h5-8,17H,3-4,9-11H2,1-2H3,(H,18,20)(H,21,22). The molecule has 0 fully saturated rings. The third-order valence-corrected chi connectivity index (χ3v) is 3.43. The van der Waals surface area contributed by atoms with Gasteiger partial charge in [0.25, 0.3) is 5.69 Å². The highest BCUT2D eigenvalue weighted by molar-refractivity contribution is 5.78. The lowest BCUT2D eigenvalue weighted by molar-refractivity contribution is -0.384. The molecule has 0 aromatic heterocycles. The highest BCUT2D eigenvalue weighted by Gasteiger charge is 2.29. The molecule has 1 atom stereocenters. The van der Waals surface area contributed by atoms with Gasteiger partial charge in [-0.25, -0.2) is 0 Å². The molecule has 0 saturated carbocycles. The van der Waals surface area contributed by atoms with Gasteiger partial charge in [-0.1, -0.05) is 0 Å². The summed E-state index contributed by atoms with van der Waals surface area (Å²) in [6, 6.07) is 6.00. The maximum atomic E-state index is 12.0. The maximum Gasteiger partial charge on any atom is 0.305 e. The SMILES string of the molecule is COCC(C)(CC(=O)O)NC(=O)CCCNc1ccc([N+](=O)[O-])cc1. The summed E-state index contributed by atoms with van der Waals surface area (Å²) in [4.78, 5) is 33.0. The number of carboxylic acids is 1. The molecule has 0 spiro atoms. The van der Waals surface area contributed by atoms with Gasteiger partial charge in [0.1, 0.15) is 0 Å². The molecule has 1 aromatic carbocycles. The van der Waals surface area contributed by atoms with Crippen molar-refractivity contribution in [3.63, 3.8) is 0 Å². The molecule has 3 N–H and O–H groups in total. The molecule has 138 valence electrons. The summed E-state index contributed by atoms with van der Waals surface area (Å²) < 4.78 is 4.98. The van der Waals surface area contributed by atoms with Crippen molar-refractivity contribution in [3.05, 3.63) is 34.4 Å². The molecule has 0 saturated heterocycles. The van der Waals surface area contributed by atoms with Gasteiger partial charge in [-0.15, -0.1) is 0 Å². The fourth-order valence-corrected chi connectivity index (χ4v) is 2.37. The number of ether oxygens (including phenoxy) is 1. The van der Waals surface area contributed by atoms with Crippen molar-refractivity contribution in [2.24, 2.45) is 0 Å². The molecule has 1 rings (SSSR count). The minimum Gasteiger partial charge on any atom is -0.481 e. The van der Waals surface area contributed by atoms with Crippen LogP contribution in [0.5, 0.6) is 0 Å². The molecule has 0 aliphatic heterocycles. The number of carbonyl (C=O) groups is 2. The second-order valence-corrected chi connectivity index (χ2v) is 5.95. The molecule has 0 aliphatic rings. The van der Waals surface area contributed by atoms with Crippen molar-refractivity contribution in [2.75, 3.05) is 25.6 Å². The number of aliphatic carboxylic acids is 1. The van der Waals surface area contributed by atoms with Crippen LogP contribution in [0.15, 0.2) is 24.3 Å². The summed E-state index contributed by atoms with van der Waals surface area (Å²) in [6.45, 7) is 2.23. The third-order valence-electron chi connectivity index (χ3n) is 3.43. The smallest absolute Gasteiger partial charge is 0.305 e. The van der Waals surface area contributed by atoms with Crippen molar-refractivity contribution in [3.8, 4) is 0 Å². The van der Waals surface area contributed by atoms with E-state index in [0.29, 0.717) is 13.0 Å². The normalized spacial score (nSPS) is 12.9. The van der Waals surface area contributed by atoms with Gasteiger partial charge in [0.05, 0.1) is 23.5 Å². The second-order valence-electron chi connectivity index (χ2n) is 5.95. The first-order valence-corrected chi connectivity index (χ1v) is 7.76. The molecular weight excluding hydrogens is 330 g/mol. The van der Waals surface area contributed by atoms with Crippen molar-refractivity contribution in [1.29, 1.82) is 0 Å². The van der Waals surface area contributed by atoms with E-state index < -0.39 is 16.4 Å². The lowest BCUT2D eigenvalue weighted by Gasteiger charge is -2.28. The van der Waals surface area contributed by atoms with Gasteiger partial charge < -0.3 is 20.5 Å². The molecule has 9 heteroatoms. The number of amides is 1. The predicted molar refractivity (Wildman–Crippen MR) is 91.5 cm³/mol. The van der Waals surface area contributed by atoms with E-state index in [9.17, 15) is 19.7 Å². The van der Waals surface area contributed by atoms with Gasteiger partial charge in [0.2, 0.25) is 5.91 Å². The molecule has 1 amide bonds. The molecule has 9 nitrogen and oxygen atoms in total. The van der Waals surface area contributed by atoms with E-state index in [-0.39, 0.29) is 31.0 Å². The van der Waals surface area contributed by atoms with Gasteiger partial charge in [0.15, 0.2) is 0 Å². The third kappa shape index (κ3) is 7.62. The van der Waals surface area contributed by atoms with Crippen molar-refractivity contribution < 1.29 is 24.4 Å². The van der Waals surface area contributed by atoms with Crippen LogP contribution in [0.3, 0.4) is 0 Å². The zero-order valence-corrected chi connectivity index (χ0v) is 14.3. The minimum absolute atomic E-state index is 0.0146. The number of carboxylic acid groups (broad SMARTS) is 1. The van der Waals surface area contributed by atoms with Gasteiger partial charge in [0, 0.05) is 37.9 Å². The molecule has 0 aliphatic carbocycles. The van der Waals surface area contributed by atoms with Crippen LogP contribution < -0.4 is 10.6 Å². The van der Waals surface area contributed by atoms with Gasteiger partial charge in [-0.2, -0.15) is 0 Å². The molecule has 1 unspecified atom stereocenters. The van der Waals surface area contributed by atoms with Crippen LogP contribution in [0.4, 0.5) is 11.4 Å². The van der Waals surface area contributed by atoms with E-state index in [1.807, 2.05) is 0 Å². The maximum absolute atomic E-state index is 12.0. The van der Waals surface area contributed by atoms with Crippen molar-refractivity contribution in [2.45, 2.75) is 31.7 Å². The average Bonchev–Trinajstić information content (AvgIpc) is 2.51. The summed E-state index contributed by atoms with van der Waals surface area (Å²) in [5.74, 6) is -1.27. The number of hydrogen-bond donors (Lipinski definition) is 3. The Balaban J connectivity index is 2.38. The molecular formula is C16H23N3O6. The fourth-order valence-electron chi connectivity index (χ4n) is 2.37. The Morgan fingerprint density at radius 3 is 2.48 bits per heavy atom. The van der Waals surface area contributed by atoms with Crippen LogP contribution in [-0.4, -0.2) is 47.7 Å². The number of nitrogens with zero attached hydrogens (tertiary/aromatic N) is 1. The highest BCUT2D eigenvalue weighted by Crippen LogP contribution is 2.15. The topological polar surface area (TPSA) is 131 Å². The number of methoxy groups -OCH3 is 1. The molecule has 0 bridgehead atoms. The number of benzene rings is 1. The number of nitrogens with one attached hydrogen (secondary N) is 2. The van der Waals surface area contributed by atoms with Crippen LogP contribution in [0.2, 0.25) is 0 Å². The number of rotatable bonds is 11. The number of nitro benzene ring substituents is 1. The fraction of sp³-hybridized carbons (Fsp3) is 0.500. The Morgan fingerprint density at radius 2 is 1.96 bits per heavy atom. The zero-order chi connectivity index (χ0) is 18.9. The van der Waals surface area contributed by atoms with E-state index in [1.54, 1.807) is 19.1 Å². The highest BCUT2D eigenvalue weighted by atomic mass is 16.6. The molecule has 0 heterocycles. The Labute approximate surface area is 145 Å². The summed E-state index contributed by atoms with van der Waals surface area (Å²) in [5.41, 5.74) is -0.217. The minimum atomic E-state index is -1.01. The summed E-state index contributed by atoms with van der Waals surface area (Å²) in [7, 11) is 1.44. The zero-order valence-electron chi connectivity index (χ0n) is 14.3. The quantitative estimate of drug-likeness (QED) is 0.314. The number of hydrogen-bond acceptors (Lipinski definition) is 6. The van der Waals surface area contributed by atoms with Crippen LogP contribution in [0.1, 0.15) is 26.2 Å². The van der Waals surface area contributed by atoms with Gasteiger partial charge in [-0.3, -0.25) is 19.7 Å². The van der Waals surface area contributed by atoms with Crippen LogP contribution >= 0.6 is 0 Å². The Hall–Kier alpha value is -2.68. The summed E-state index contributed by atoms with van der Waals surface area (Å²) in [5, 5.41) is 25.3. The average molecular weight is 353 g/mol. The number of non-ortho nitro benzene ring substituents is 1. The Bertz CT molecular complexity index is 604.